The van der Waals surface area contributed by atoms with Crippen LogP contribution in [0.4, 0.5) is 0 Å². The molecule has 0 unspecified atom stereocenters. The third kappa shape index (κ3) is 1.46. The fourth-order valence-corrected chi connectivity index (χ4v) is 1.15. The van der Waals surface area contributed by atoms with Crippen LogP contribution in [0.3, 0.4) is 0 Å². The van der Waals surface area contributed by atoms with Gasteiger partial charge in [-0.3, -0.25) is 0 Å². The van der Waals surface area contributed by atoms with Gasteiger partial charge in [0, 0.05) is 6.42 Å². The number of hydrogen-bond donors (Lipinski definition) is 2. The molecular formula is C6H12NO3+. The van der Waals surface area contributed by atoms with Crippen molar-refractivity contribution >= 4 is 5.97 Å². The van der Waals surface area contributed by atoms with Gasteiger partial charge in [-0.05, 0) is 0 Å². The summed E-state index contributed by atoms with van der Waals surface area (Å²) in [4.78, 5) is 10.8. The first-order chi connectivity index (χ1) is 4.74. The lowest BCUT2D eigenvalue weighted by Gasteiger charge is -2.01. The molecule has 10 heavy (non-hydrogen) atoms. The Labute approximate surface area is 59.2 Å². The maximum absolute atomic E-state index is 10.8. The Bertz CT molecular complexity index is 137. The average Bonchev–Trinajstić information content (AvgIpc) is 2.34. The zero-order chi connectivity index (χ0) is 7.56. The van der Waals surface area contributed by atoms with Gasteiger partial charge in [0.25, 0.3) is 0 Å². The number of ether oxygens (including phenoxy) is 1. The molecule has 1 rings (SSSR count). The average molecular weight is 146 g/mol. The van der Waals surface area contributed by atoms with Crippen molar-refractivity contribution in [2.75, 3.05) is 13.7 Å². The highest BCUT2D eigenvalue weighted by Gasteiger charge is 2.32. The van der Waals surface area contributed by atoms with Gasteiger partial charge in [-0.1, -0.05) is 0 Å². The van der Waals surface area contributed by atoms with Gasteiger partial charge < -0.3 is 15.2 Å². The van der Waals surface area contributed by atoms with E-state index in [-0.39, 0.29) is 18.1 Å². The number of carbonyl (C=O) groups excluding carboxylic acids is 1. The first-order valence-corrected chi connectivity index (χ1v) is 3.33. The third-order valence-electron chi connectivity index (χ3n) is 1.72. The van der Waals surface area contributed by atoms with Crippen LogP contribution in [0.15, 0.2) is 0 Å². The first-order valence-electron chi connectivity index (χ1n) is 3.33. The van der Waals surface area contributed by atoms with E-state index in [2.05, 4.69) is 4.74 Å². The van der Waals surface area contributed by atoms with Gasteiger partial charge in [0.05, 0.1) is 7.11 Å². The van der Waals surface area contributed by atoms with Crippen LogP contribution in [-0.4, -0.2) is 36.9 Å². The molecule has 0 aromatic rings. The summed E-state index contributed by atoms with van der Waals surface area (Å²) in [7, 11) is 1.36. The molecule has 4 heteroatoms. The molecular weight excluding hydrogens is 134 g/mol. The Morgan fingerprint density at radius 2 is 2.50 bits per heavy atom. The molecule has 0 aromatic carbocycles. The maximum Gasteiger partial charge on any atom is 0.364 e. The second kappa shape index (κ2) is 2.98. The number of methoxy groups -OCH3 is 1. The lowest BCUT2D eigenvalue weighted by Crippen LogP contribution is -2.89. The second-order valence-electron chi connectivity index (χ2n) is 2.49. The van der Waals surface area contributed by atoms with Gasteiger partial charge >= 0.3 is 5.97 Å². The number of esters is 1. The van der Waals surface area contributed by atoms with E-state index in [1.807, 2.05) is 0 Å². The molecule has 1 heterocycles. The molecule has 58 valence electrons. The monoisotopic (exact) mass is 146 g/mol. The summed E-state index contributed by atoms with van der Waals surface area (Å²) in [6.45, 7) is 0.611. The predicted octanol–water partition coefficient (Wildman–Crippen LogP) is -2.14. The summed E-state index contributed by atoms with van der Waals surface area (Å²) < 4.78 is 4.50. The van der Waals surface area contributed by atoms with E-state index < -0.39 is 0 Å². The zero-order valence-corrected chi connectivity index (χ0v) is 5.91. The molecule has 1 saturated heterocycles. The van der Waals surface area contributed by atoms with E-state index in [1.165, 1.54) is 7.11 Å². The topological polar surface area (TPSA) is 63.1 Å². The van der Waals surface area contributed by atoms with Crippen molar-refractivity contribution in [3.8, 4) is 0 Å². The maximum atomic E-state index is 10.8. The number of aliphatic hydroxyl groups excluding tert-OH is 1. The van der Waals surface area contributed by atoms with E-state index >= 15 is 0 Å². The van der Waals surface area contributed by atoms with Crippen molar-refractivity contribution in [1.29, 1.82) is 0 Å². The Kier molecular flexibility index (Phi) is 2.24. The molecule has 0 radical (unpaired) electrons. The van der Waals surface area contributed by atoms with Gasteiger partial charge in [0.1, 0.15) is 12.6 Å². The third-order valence-corrected chi connectivity index (χ3v) is 1.72. The minimum Gasteiger partial charge on any atom is -0.465 e. The molecule has 4 nitrogen and oxygen atoms in total. The van der Waals surface area contributed by atoms with Crippen molar-refractivity contribution in [2.24, 2.45) is 0 Å². The van der Waals surface area contributed by atoms with E-state index in [4.69, 9.17) is 5.11 Å². The number of rotatable bonds is 1. The van der Waals surface area contributed by atoms with Crippen LogP contribution in [0.5, 0.6) is 0 Å². The van der Waals surface area contributed by atoms with E-state index in [0.717, 1.165) is 0 Å². The van der Waals surface area contributed by atoms with Crippen LogP contribution in [0.25, 0.3) is 0 Å². The molecule has 1 fully saturated rings. The highest BCUT2D eigenvalue weighted by molar-refractivity contribution is 5.74. The molecule has 0 spiro atoms. The summed E-state index contributed by atoms with van der Waals surface area (Å²) in [6.07, 6.45) is 0.177. The summed E-state index contributed by atoms with van der Waals surface area (Å²) in [5.74, 6) is -0.239. The first kappa shape index (κ1) is 7.50. The van der Waals surface area contributed by atoms with Crippen molar-refractivity contribution in [2.45, 2.75) is 18.6 Å². The van der Waals surface area contributed by atoms with Crippen LogP contribution in [0.1, 0.15) is 6.42 Å². The number of quaternary nitrogens is 1. The second-order valence-corrected chi connectivity index (χ2v) is 2.49. The smallest absolute Gasteiger partial charge is 0.364 e. The Morgan fingerprint density at radius 3 is 2.90 bits per heavy atom. The molecule has 1 aliphatic rings. The van der Waals surface area contributed by atoms with Crippen molar-refractivity contribution < 1.29 is 20.0 Å². The summed E-state index contributed by atoms with van der Waals surface area (Å²) >= 11 is 0. The van der Waals surface area contributed by atoms with Crippen LogP contribution in [-0.2, 0) is 9.53 Å². The van der Waals surface area contributed by atoms with Crippen molar-refractivity contribution in [1.82, 2.24) is 0 Å². The molecule has 3 N–H and O–H groups in total. The molecule has 0 aromatic heterocycles. The van der Waals surface area contributed by atoms with E-state index in [0.29, 0.717) is 13.0 Å². The van der Waals surface area contributed by atoms with Crippen molar-refractivity contribution in [3.05, 3.63) is 0 Å². The summed E-state index contributed by atoms with van der Waals surface area (Å²) in [6, 6.07) is -0.181. The number of aliphatic hydroxyl groups is 1. The van der Waals surface area contributed by atoms with Gasteiger partial charge in [0.15, 0.2) is 6.04 Å². The SMILES string of the molecule is COC(=O)[C@H]1C[C@H](O)C[NH2+]1. The van der Waals surface area contributed by atoms with Crippen molar-refractivity contribution in [3.63, 3.8) is 0 Å². The van der Waals surface area contributed by atoms with Gasteiger partial charge in [0.2, 0.25) is 0 Å². The molecule has 0 aliphatic carbocycles. The van der Waals surface area contributed by atoms with E-state index in [9.17, 15) is 4.79 Å². The van der Waals surface area contributed by atoms with Crippen LogP contribution < -0.4 is 5.32 Å². The fourth-order valence-electron chi connectivity index (χ4n) is 1.15. The van der Waals surface area contributed by atoms with Gasteiger partial charge in [-0.25, -0.2) is 4.79 Å². The molecule has 0 saturated carbocycles. The molecule has 2 atom stereocenters. The lowest BCUT2D eigenvalue weighted by atomic mass is 10.2. The molecule has 1 aliphatic heterocycles. The quantitative estimate of drug-likeness (QED) is 0.415. The highest BCUT2D eigenvalue weighted by Crippen LogP contribution is 1.99. The highest BCUT2D eigenvalue weighted by atomic mass is 16.5. The number of carbonyl (C=O) groups is 1. The standard InChI is InChI=1S/C6H11NO3/c1-10-6(9)5-2-4(8)3-7-5/h4-5,7-8H,2-3H2,1H3/p+1/t4-,5+/m0/s1. The summed E-state index contributed by atoms with van der Waals surface area (Å²) in [5, 5.41) is 10.8. The number of nitrogens with two attached hydrogens (primary N) is 1. The fraction of sp³-hybridized carbons (Fsp3) is 0.833. The molecule has 0 bridgehead atoms. The van der Waals surface area contributed by atoms with Crippen LogP contribution >= 0.6 is 0 Å². The number of hydrogen-bond acceptors (Lipinski definition) is 3. The van der Waals surface area contributed by atoms with Gasteiger partial charge in [-0.2, -0.15) is 0 Å². The van der Waals surface area contributed by atoms with Crippen LogP contribution in [0, 0.1) is 0 Å². The molecule has 0 amide bonds. The summed E-state index contributed by atoms with van der Waals surface area (Å²) in [5.41, 5.74) is 0. The van der Waals surface area contributed by atoms with Gasteiger partial charge in [-0.15, -0.1) is 0 Å². The minimum absolute atomic E-state index is 0.181. The Morgan fingerprint density at radius 1 is 1.80 bits per heavy atom. The zero-order valence-electron chi connectivity index (χ0n) is 5.91. The van der Waals surface area contributed by atoms with E-state index in [1.54, 1.807) is 5.32 Å². The van der Waals surface area contributed by atoms with Crippen LogP contribution in [0.2, 0.25) is 0 Å². The lowest BCUT2D eigenvalue weighted by molar-refractivity contribution is -0.661. The largest absolute Gasteiger partial charge is 0.465 e. The minimum atomic E-state index is -0.343. The Hall–Kier alpha value is -0.610. The Balaban J connectivity index is 2.37. The normalized spacial score (nSPS) is 32.2. The predicted molar refractivity (Wildman–Crippen MR) is 33.2 cm³/mol.